The van der Waals surface area contributed by atoms with Gasteiger partial charge in [-0.3, -0.25) is 9.48 Å². The highest BCUT2D eigenvalue weighted by Gasteiger charge is 2.28. The third-order valence-corrected chi connectivity index (χ3v) is 5.96. The van der Waals surface area contributed by atoms with Crippen molar-refractivity contribution in [1.82, 2.24) is 25.0 Å². The second kappa shape index (κ2) is 11.4. The van der Waals surface area contributed by atoms with E-state index in [2.05, 4.69) is 15.4 Å². The highest BCUT2D eigenvalue weighted by Crippen LogP contribution is 2.28. The molecule has 0 spiro atoms. The van der Waals surface area contributed by atoms with E-state index >= 15 is 0 Å². The van der Waals surface area contributed by atoms with E-state index in [-0.39, 0.29) is 24.2 Å². The van der Waals surface area contributed by atoms with Crippen LogP contribution in [0.1, 0.15) is 49.0 Å². The molecule has 0 saturated carbocycles. The molecule has 0 bridgehead atoms. The predicted molar refractivity (Wildman–Crippen MR) is 135 cm³/mol. The number of carbonyl (C=O) groups excluding carboxylic acids is 2. The predicted octanol–water partition coefficient (Wildman–Crippen LogP) is 4.02. The molecule has 2 amide bonds. The normalized spacial score (nSPS) is 16.3. The number of alkyl carbamates (subject to hydrolysis) is 1. The Morgan fingerprint density at radius 3 is 2.51 bits per heavy atom. The molecule has 1 aliphatic rings. The van der Waals surface area contributed by atoms with Crippen LogP contribution in [0.25, 0.3) is 0 Å². The maximum absolute atomic E-state index is 13.2. The minimum atomic E-state index is -0.626. The molecule has 4 rings (SSSR count). The molecule has 2 atom stereocenters. The number of amides is 2. The number of nitrogens with one attached hydrogen (secondary N) is 1. The van der Waals surface area contributed by atoms with Gasteiger partial charge in [-0.25, -0.2) is 14.2 Å². The Balaban J connectivity index is 1.33. The Morgan fingerprint density at radius 1 is 1.14 bits per heavy atom. The molecule has 0 unspecified atom stereocenters. The highest BCUT2D eigenvalue weighted by molar-refractivity contribution is 5.94. The van der Waals surface area contributed by atoms with Crippen LogP contribution in [0.3, 0.4) is 0 Å². The van der Waals surface area contributed by atoms with Gasteiger partial charge in [0.25, 0.3) is 5.91 Å². The van der Waals surface area contributed by atoms with E-state index in [0.717, 1.165) is 12.0 Å². The average Bonchev–Trinajstić information content (AvgIpc) is 3.54. The van der Waals surface area contributed by atoms with Gasteiger partial charge in [0, 0.05) is 24.6 Å². The zero-order valence-electron chi connectivity index (χ0n) is 21.3. The van der Waals surface area contributed by atoms with E-state index in [1.165, 1.54) is 18.5 Å². The van der Waals surface area contributed by atoms with Gasteiger partial charge in [0.2, 0.25) is 0 Å². The van der Waals surface area contributed by atoms with Gasteiger partial charge in [-0.2, -0.15) is 5.10 Å². The molecule has 196 valence electrons. The molecule has 0 radical (unpaired) electrons. The van der Waals surface area contributed by atoms with Crippen LogP contribution >= 0.6 is 0 Å². The fourth-order valence-electron chi connectivity index (χ4n) is 4.19. The van der Waals surface area contributed by atoms with Crippen LogP contribution in [0.4, 0.5) is 9.18 Å². The summed E-state index contributed by atoms with van der Waals surface area (Å²) in [6.07, 6.45) is 3.27. The number of nitrogens with zero attached hydrogens (tertiary/aromatic N) is 4. The topological polar surface area (TPSA) is 98.6 Å². The van der Waals surface area contributed by atoms with Crippen molar-refractivity contribution in [3.05, 3.63) is 78.1 Å². The summed E-state index contributed by atoms with van der Waals surface area (Å²) in [5.41, 5.74) is 0.985. The summed E-state index contributed by atoms with van der Waals surface area (Å²) < 4.78 is 26.1. The summed E-state index contributed by atoms with van der Waals surface area (Å²) in [5.74, 6) is 0.456. The minimum absolute atomic E-state index is 0.0492. The summed E-state index contributed by atoms with van der Waals surface area (Å²) in [7, 11) is 0. The SMILES string of the molecule is CC(C)(C)OC(=O)N[C@@H](COc1ccc(C(=O)N2CC[C@H](c3ccc(F)cc3)C2)cc1)Cn1cncn1. The molecule has 3 aromatic rings. The Labute approximate surface area is 215 Å². The average molecular weight is 510 g/mol. The van der Waals surface area contributed by atoms with E-state index in [1.807, 2.05) is 4.90 Å². The van der Waals surface area contributed by atoms with Crippen molar-refractivity contribution in [1.29, 1.82) is 0 Å². The Hall–Kier alpha value is -3.95. The van der Waals surface area contributed by atoms with Crippen molar-refractivity contribution in [2.75, 3.05) is 19.7 Å². The van der Waals surface area contributed by atoms with Crippen LogP contribution in [-0.2, 0) is 11.3 Å². The molecular formula is C27H32FN5O4. The van der Waals surface area contributed by atoms with Crippen LogP contribution in [0.15, 0.2) is 61.2 Å². The number of benzene rings is 2. The van der Waals surface area contributed by atoms with Crippen molar-refractivity contribution in [2.45, 2.75) is 51.3 Å². The standard InChI is InChI=1S/C27H32FN5O4/c1-27(2,3)37-26(35)31-23(15-33-18-29-17-30-33)16-36-24-10-6-20(7-11-24)25(34)32-13-12-21(14-32)19-4-8-22(28)9-5-19/h4-11,17-18,21,23H,12-16H2,1-3H3,(H,31,35)/t21-,23+/m0/s1. The van der Waals surface area contributed by atoms with Gasteiger partial charge in [0.15, 0.2) is 0 Å². The van der Waals surface area contributed by atoms with Gasteiger partial charge in [-0.05, 0) is 69.2 Å². The number of ether oxygens (including phenoxy) is 2. The van der Waals surface area contributed by atoms with Gasteiger partial charge in [-0.1, -0.05) is 12.1 Å². The third kappa shape index (κ3) is 7.52. The molecule has 1 aliphatic heterocycles. The molecule has 0 aliphatic carbocycles. The van der Waals surface area contributed by atoms with Crippen molar-refractivity contribution in [3.63, 3.8) is 0 Å². The second-order valence-corrected chi connectivity index (χ2v) is 10.1. The summed E-state index contributed by atoms with van der Waals surface area (Å²) in [4.78, 5) is 31.1. The molecule has 1 fully saturated rings. The lowest BCUT2D eigenvalue weighted by atomic mass is 9.99. The quantitative estimate of drug-likeness (QED) is 0.493. The van der Waals surface area contributed by atoms with Crippen LogP contribution in [0.5, 0.6) is 5.75 Å². The Kier molecular flexibility index (Phi) is 8.05. The van der Waals surface area contributed by atoms with Gasteiger partial charge in [0.05, 0.1) is 12.6 Å². The van der Waals surface area contributed by atoms with E-state index in [1.54, 1.807) is 68.2 Å². The first-order valence-electron chi connectivity index (χ1n) is 12.3. The Morgan fingerprint density at radius 2 is 1.86 bits per heavy atom. The summed E-state index contributed by atoms with van der Waals surface area (Å²) in [6.45, 7) is 7.15. The number of carbonyl (C=O) groups is 2. The molecule has 2 heterocycles. The molecule has 1 aromatic heterocycles. The Bertz CT molecular complexity index is 1180. The third-order valence-electron chi connectivity index (χ3n) is 5.96. The molecular weight excluding hydrogens is 477 g/mol. The van der Waals surface area contributed by atoms with Gasteiger partial charge in [0.1, 0.15) is 36.4 Å². The number of likely N-dealkylation sites (tertiary alicyclic amines) is 1. The fourth-order valence-corrected chi connectivity index (χ4v) is 4.19. The number of aromatic nitrogens is 3. The van der Waals surface area contributed by atoms with Crippen LogP contribution in [-0.4, -0.2) is 63.0 Å². The maximum atomic E-state index is 13.2. The fraction of sp³-hybridized carbons (Fsp3) is 0.407. The van der Waals surface area contributed by atoms with Crippen LogP contribution in [0, 0.1) is 5.82 Å². The second-order valence-electron chi connectivity index (χ2n) is 10.1. The zero-order valence-corrected chi connectivity index (χ0v) is 21.3. The van der Waals surface area contributed by atoms with E-state index in [0.29, 0.717) is 30.9 Å². The summed E-state index contributed by atoms with van der Waals surface area (Å²) in [5, 5.41) is 6.90. The smallest absolute Gasteiger partial charge is 0.408 e. The zero-order chi connectivity index (χ0) is 26.4. The van der Waals surface area contributed by atoms with Crippen molar-refractivity contribution >= 4 is 12.0 Å². The van der Waals surface area contributed by atoms with Crippen molar-refractivity contribution < 1.29 is 23.5 Å². The first-order valence-corrected chi connectivity index (χ1v) is 12.3. The van der Waals surface area contributed by atoms with Crippen LogP contribution in [0.2, 0.25) is 0 Å². The molecule has 1 saturated heterocycles. The first-order chi connectivity index (χ1) is 17.7. The lowest BCUT2D eigenvalue weighted by Crippen LogP contribution is -2.44. The molecule has 1 N–H and O–H groups in total. The number of rotatable bonds is 8. The molecule has 10 heteroatoms. The molecule has 37 heavy (non-hydrogen) atoms. The monoisotopic (exact) mass is 509 g/mol. The van der Waals surface area contributed by atoms with E-state index in [9.17, 15) is 14.0 Å². The molecule has 9 nitrogen and oxygen atoms in total. The van der Waals surface area contributed by atoms with Crippen molar-refractivity contribution in [2.24, 2.45) is 0 Å². The number of hydrogen-bond donors (Lipinski definition) is 1. The number of hydrogen-bond acceptors (Lipinski definition) is 6. The van der Waals surface area contributed by atoms with Crippen molar-refractivity contribution in [3.8, 4) is 5.75 Å². The largest absolute Gasteiger partial charge is 0.491 e. The summed E-state index contributed by atoms with van der Waals surface area (Å²) >= 11 is 0. The highest BCUT2D eigenvalue weighted by atomic mass is 19.1. The van der Waals surface area contributed by atoms with Gasteiger partial charge in [-0.15, -0.1) is 0 Å². The maximum Gasteiger partial charge on any atom is 0.408 e. The first kappa shape index (κ1) is 26.1. The summed E-state index contributed by atoms with van der Waals surface area (Å²) in [6, 6.07) is 13.0. The van der Waals surface area contributed by atoms with Gasteiger partial charge >= 0.3 is 6.09 Å². The van der Waals surface area contributed by atoms with E-state index < -0.39 is 17.7 Å². The lowest BCUT2D eigenvalue weighted by molar-refractivity contribution is 0.0479. The number of halogens is 1. The minimum Gasteiger partial charge on any atom is -0.491 e. The lowest BCUT2D eigenvalue weighted by Gasteiger charge is -2.24. The molecule has 2 aromatic carbocycles. The van der Waals surface area contributed by atoms with Gasteiger partial charge < -0.3 is 19.7 Å². The van der Waals surface area contributed by atoms with E-state index in [4.69, 9.17) is 9.47 Å². The van der Waals surface area contributed by atoms with Crippen LogP contribution < -0.4 is 10.1 Å².